The van der Waals surface area contributed by atoms with Gasteiger partial charge in [-0.25, -0.2) is 8.42 Å². The molecule has 0 spiro atoms. The second-order valence-electron chi connectivity index (χ2n) is 7.47. The van der Waals surface area contributed by atoms with E-state index in [-0.39, 0.29) is 22.8 Å². The molecule has 166 valence electrons. The molecule has 1 saturated heterocycles. The van der Waals surface area contributed by atoms with Crippen LogP contribution in [0.1, 0.15) is 30.1 Å². The van der Waals surface area contributed by atoms with Crippen LogP contribution in [0.5, 0.6) is 5.75 Å². The molecule has 2 aromatic rings. The molecule has 1 aliphatic heterocycles. The first-order chi connectivity index (χ1) is 14.7. The van der Waals surface area contributed by atoms with Crippen LogP contribution in [-0.4, -0.2) is 58.4 Å². The van der Waals surface area contributed by atoms with Gasteiger partial charge in [0.2, 0.25) is 5.91 Å². The van der Waals surface area contributed by atoms with Gasteiger partial charge in [-0.2, -0.15) is 0 Å². The van der Waals surface area contributed by atoms with Crippen molar-refractivity contribution in [2.45, 2.75) is 30.7 Å². The number of nitrogens with zero attached hydrogens (tertiary/aromatic N) is 2. The standard InChI is InChI=1S/C22H27N3O5S/c1-16(26)23-18-11-13-25(14-12-18)22(27)17-5-4-6-21(15-17)31(28,29)24(2)19-7-9-20(30-3)10-8-19/h4-10,15,18H,11-14H2,1-3H3,(H,23,26). The molecule has 3 rings (SSSR count). The number of sulfonamides is 1. The van der Waals surface area contributed by atoms with Gasteiger partial charge in [0, 0.05) is 38.7 Å². The van der Waals surface area contributed by atoms with Crippen molar-refractivity contribution < 1.29 is 22.7 Å². The van der Waals surface area contributed by atoms with Crippen molar-refractivity contribution in [1.29, 1.82) is 0 Å². The van der Waals surface area contributed by atoms with Gasteiger partial charge in [0.1, 0.15) is 5.75 Å². The normalized spacial score (nSPS) is 14.7. The summed E-state index contributed by atoms with van der Waals surface area (Å²) in [6.45, 7) is 2.49. The number of ether oxygens (including phenoxy) is 1. The van der Waals surface area contributed by atoms with Gasteiger partial charge in [-0.15, -0.1) is 0 Å². The van der Waals surface area contributed by atoms with Gasteiger partial charge in [-0.1, -0.05) is 6.07 Å². The number of hydrogen-bond donors (Lipinski definition) is 1. The summed E-state index contributed by atoms with van der Waals surface area (Å²) in [4.78, 5) is 25.9. The Morgan fingerprint density at radius 1 is 1.10 bits per heavy atom. The molecule has 1 N–H and O–H groups in total. The Bertz CT molecular complexity index is 1050. The molecule has 0 radical (unpaired) electrons. The largest absolute Gasteiger partial charge is 0.497 e. The number of hydrogen-bond acceptors (Lipinski definition) is 5. The van der Waals surface area contributed by atoms with Crippen molar-refractivity contribution in [1.82, 2.24) is 10.2 Å². The molecule has 0 saturated carbocycles. The van der Waals surface area contributed by atoms with E-state index in [1.807, 2.05) is 0 Å². The molecule has 0 bridgehead atoms. The number of piperidine rings is 1. The molecule has 0 aromatic heterocycles. The van der Waals surface area contributed by atoms with E-state index in [0.717, 1.165) is 0 Å². The smallest absolute Gasteiger partial charge is 0.264 e. The lowest BCUT2D eigenvalue weighted by Gasteiger charge is -2.32. The van der Waals surface area contributed by atoms with Gasteiger partial charge in [-0.3, -0.25) is 13.9 Å². The summed E-state index contributed by atoms with van der Waals surface area (Å²) in [6, 6.07) is 12.8. The summed E-state index contributed by atoms with van der Waals surface area (Å²) in [5, 5.41) is 2.88. The highest BCUT2D eigenvalue weighted by Crippen LogP contribution is 2.25. The van der Waals surface area contributed by atoms with Crippen LogP contribution >= 0.6 is 0 Å². The molecular weight excluding hydrogens is 418 g/mol. The predicted molar refractivity (Wildman–Crippen MR) is 118 cm³/mol. The summed E-state index contributed by atoms with van der Waals surface area (Å²) < 4.78 is 32.5. The number of amides is 2. The van der Waals surface area contributed by atoms with Gasteiger partial charge in [0.05, 0.1) is 17.7 Å². The monoisotopic (exact) mass is 445 g/mol. The number of anilines is 1. The average molecular weight is 446 g/mol. The summed E-state index contributed by atoms with van der Waals surface area (Å²) >= 11 is 0. The Balaban J connectivity index is 1.75. The molecule has 2 aromatic carbocycles. The SMILES string of the molecule is COc1ccc(N(C)S(=O)(=O)c2cccc(C(=O)N3CCC(NC(C)=O)CC3)c2)cc1. The highest BCUT2D eigenvalue weighted by molar-refractivity contribution is 7.92. The Kier molecular flexibility index (Phi) is 6.84. The van der Waals surface area contributed by atoms with E-state index < -0.39 is 10.0 Å². The maximum Gasteiger partial charge on any atom is 0.264 e. The predicted octanol–water partition coefficient (Wildman–Crippen LogP) is 2.26. The number of methoxy groups -OCH3 is 1. The average Bonchev–Trinajstić information content (AvgIpc) is 2.78. The Morgan fingerprint density at radius 2 is 1.74 bits per heavy atom. The fourth-order valence-corrected chi connectivity index (χ4v) is 4.82. The van der Waals surface area contributed by atoms with Crippen molar-refractivity contribution in [3.05, 3.63) is 54.1 Å². The fourth-order valence-electron chi connectivity index (χ4n) is 3.58. The third-order valence-corrected chi connectivity index (χ3v) is 7.15. The molecule has 1 heterocycles. The second kappa shape index (κ2) is 9.38. The zero-order chi connectivity index (χ0) is 22.6. The molecule has 2 amide bonds. The highest BCUT2D eigenvalue weighted by atomic mass is 32.2. The van der Waals surface area contributed by atoms with Crippen LogP contribution in [0.2, 0.25) is 0 Å². The highest BCUT2D eigenvalue weighted by Gasteiger charge is 2.26. The Morgan fingerprint density at radius 3 is 2.32 bits per heavy atom. The van der Waals surface area contributed by atoms with Gasteiger partial charge in [-0.05, 0) is 55.3 Å². The van der Waals surface area contributed by atoms with Crippen LogP contribution in [0.4, 0.5) is 5.69 Å². The zero-order valence-electron chi connectivity index (χ0n) is 17.9. The molecule has 9 heteroatoms. The first-order valence-electron chi connectivity index (χ1n) is 10.0. The van der Waals surface area contributed by atoms with E-state index in [1.165, 1.54) is 30.4 Å². The molecule has 0 unspecified atom stereocenters. The third kappa shape index (κ3) is 5.16. The summed E-state index contributed by atoms with van der Waals surface area (Å²) in [6.07, 6.45) is 1.34. The molecule has 0 aliphatic carbocycles. The maximum absolute atomic E-state index is 13.1. The first-order valence-corrected chi connectivity index (χ1v) is 11.5. The molecule has 1 fully saturated rings. The van der Waals surface area contributed by atoms with E-state index in [4.69, 9.17) is 4.74 Å². The number of carbonyl (C=O) groups excluding carboxylic acids is 2. The van der Waals surface area contributed by atoms with Crippen LogP contribution < -0.4 is 14.4 Å². The number of rotatable bonds is 6. The molecule has 8 nitrogen and oxygen atoms in total. The number of carbonyl (C=O) groups is 2. The Labute approximate surface area is 182 Å². The zero-order valence-corrected chi connectivity index (χ0v) is 18.7. The summed E-state index contributed by atoms with van der Waals surface area (Å²) in [7, 11) is -0.834. The van der Waals surface area contributed by atoms with Crippen LogP contribution in [-0.2, 0) is 14.8 Å². The summed E-state index contributed by atoms with van der Waals surface area (Å²) in [5.74, 6) is 0.332. The maximum atomic E-state index is 13.1. The van der Waals surface area contributed by atoms with Gasteiger partial charge in [0.15, 0.2) is 0 Å². The van der Waals surface area contributed by atoms with E-state index in [1.54, 1.807) is 48.4 Å². The van der Waals surface area contributed by atoms with Crippen molar-refractivity contribution in [3.8, 4) is 5.75 Å². The van der Waals surface area contributed by atoms with Gasteiger partial charge < -0.3 is 15.0 Å². The first kappa shape index (κ1) is 22.6. The minimum Gasteiger partial charge on any atom is -0.497 e. The number of nitrogens with one attached hydrogen (secondary N) is 1. The van der Waals surface area contributed by atoms with Crippen molar-refractivity contribution in [2.24, 2.45) is 0 Å². The van der Waals surface area contributed by atoms with Crippen LogP contribution in [0.3, 0.4) is 0 Å². The third-order valence-electron chi connectivity index (χ3n) is 5.36. The molecule has 31 heavy (non-hydrogen) atoms. The topological polar surface area (TPSA) is 96.0 Å². The minimum atomic E-state index is -3.85. The van der Waals surface area contributed by atoms with Crippen molar-refractivity contribution >= 4 is 27.5 Å². The lowest BCUT2D eigenvalue weighted by molar-refractivity contribution is -0.119. The fraction of sp³-hybridized carbons (Fsp3) is 0.364. The second-order valence-corrected chi connectivity index (χ2v) is 9.43. The van der Waals surface area contributed by atoms with E-state index >= 15 is 0 Å². The van der Waals surface area contributed by atoms with Gasteiger partial charge in [0.25, 0.3) is 15.9 Å². The lowest BCUT2D eigenvalue weighted by Crippen LogP contribution is -2.46. The van der Waals surface area contributed by atoms with Crippen molar-refractivity contribution in [2.75, 3.05) is 31.6 Å². The van der Waals surface area contributed by atoms with Crippen LogP contribution in [0.25, 0.3) is 0 Å². The van der Waals surface area contributed by atoms with Crippen molar-refractivity contribution in [3.63, 3.8) is 0 Å². The van der Waals surface area contributed by atoms with E-state index in [0.29, 0.717) is 42.9 Å². The van der Waals surface area contributed by atoms with Gasteiger partial charge >= 0.3 is 0 Å². The summed E-state index contributed by atoms with van der Waals surface area (Å²) in [5.41, 5.74) is 0.805. The minimum absolute atomic E-state index is 0.0461. The molecule has 0 atom stereocenters. The molecule has 1 aliphatic rings. The number of likely N-dealkylation sites (tertiary alicyclic amines) is 1. The van der Waals surface area contributed by atoms with Crippen LogP contribution in [0.15, 0.2) is 53.4 Å². The lowest BCUT2D eigenvalue weighted by atomic mass is 10.0. The Hall–Kier alpha value is -3.07. The quantitative estimate of drug-likeness (QED) is 0.736. The van der Waals surface area contributed by atoms with E-state index in [9.17, 15) is 18.0 Å². The van der Waals surface area contributed by atoms with E-state index in [2.05, 4.69) is 5.32 Å². The van der Waals surface area contributed by atoms with Crippen LogP contribution in [0, 0.1) is 0 Å². The molecular formula is C22H27N3O5S. The number of benzene rings is 2.